The summed E-state index contributed by atoms with van der Waals surface area (Å²) in [7, 11) is -3.74. The fourth-order valence-electron chi connectivity index (χ4n) is 4.82. The van der Waals surface area contributed by atoms with Crippen LogP contribution in [0.15, 0.2) is 41.4 Å². The zero-order valence-corrected chi connectivity index (χ0v) is 22.5. The average Bonchev–Trinajstić information content (AvgIpc) is 3.28. The van der Waals surface area contributed by atoms with E-state index >= 15 is 0 Å². The van der Waals surface area contributed by atoms with Crippen molar-refractivity contribution >= 4 is 43.9 Å². The largest absolute Gasteiger partial charge is 0.391 e. The number of rotatable bonds is 7. The summed E-state index contributed by atoms with van der Waals surface area (Å²) in [6.45, 7) is 1.75. The first kappa shape index (κ1) is 27.4. The summed E-state index contributed by atoms with van der Waals surface area (Å²) in [5.41, 5.74) is 5.19. The van der Waals surface area contributed by atoms with Crippen LogP contribution in [0.4, 0.5) is 25.5 Å². The number of benzene rings is 1. The van der Waals surface area contributed by atoms with E-state index in [-0.39, 0.29) is 34.7 Å². The number of nitrogens with zero attached hydrogens (tertiary/aromatic N) is 4. The standard InChI is InChI=1S/C25H28F2N6O4S2/c26-18-4-1-5-19(27)21(18)22(35)23-24(28)31-25(38-23)30-15-8-11-33(12-9-15)39(36,37)17-6-7-20(29-13-17)32-10-2-3-16(34)14-32/h1,4-7,13,15-16,34H,2-3,8-12,14,28H2,(H,30,31)/t16-/m0/s1. The SMILES string of the molecule is Nc1nc(NC2CCN(S(=O)(=O)c3ccc(N4CCC[C@H](O)C4)nc3)CC2)sc1C(=O)c1c(F)cccc1F. The molecule has 0 bridgehead atoms. The third kappa shape index (κ3) is 5.73. The molecule has 0 aliphatic carbocycles. The quantitative estimate of drug-likeness (QED) is 0.361. The molecule has 2 aliphatic heterocycles. The summed E-state index contributed by atoms with van der Waals surface area (Å²) in [5, 5.41) is 13.4. The fourth-order valence-corrected chi connectivity index (χ4v) is 7.15. The summed E-state index contributed by atoms with van der Waals surface area (Å²) in [4.78, 5) is 23.2. The van der Waals surface area contributed by atoms with Crippen LogP contribution in [0.25, 0.3) is 0 Å². The van der Waals surface area contributed by atoms with Crippen LogP contribution in [0.1, 0.15) is 40.9 Å². The number of aliphatic hydroxyl groups is 1. The zero-order chi connectivity index (χ0) is 27.7. The number of piperidine rings is 2. The Morgan fingerprint density at radius 3 is 2.46 bits per heavy atom. The molecule has 14 heteroatoms. The number of nitrogen functional groups attached to an aromatic ring is 1. The number of carbonyl (C=O) groups excluding carboxylic acids is 1. The molecule has 39 heavy (non-hydrogen) atoms. The third-order valence-corrected chi connectivity index (χ3v) is 9.79. The van der Waals surface area contributed by atoms with Crippen molar-refractivity contribution in [3.63, 3.8) is 0 Å². The number of nitrogens with two attached hydrogens (primary N) is 1. The minimum Gasteiger partial charge on any atom is -0.391 e. The highest BCUT2D eigenvalue weighted by atomic mass is 32.2. The molecule has 5 rings (SSSR count). The molecule has 2 aliphatic rings. The summed E-state index contributed by atoms with van der Waals surface area (Å²) < 4.78 is 55.9. The normalized spacial score (nSPS) is 19.3. The average molecular weight is 579 g/mol. The van der Waals surface area contributed by atoms with Gasteiger partial charge in [-0.1, -0.05) is 17.4 Å². The summed E-state index contributed by atoms with van der Waals surface area (Å²) >= 11 is 0.900. The lowest BCUT2D eigenvalue weighted by molar-refractivity contribution is 0.103. The molecule has 1 aromatic carbocycles. The molecule has 2 saturated heterocycles. The van der Waals surface area contributed by atoms with Crippen LogP contribution in [0.2, 0.25) is 0 Å². The predicted octanol–water partition coefficient (Wildman–Crippen LogP) is 2.86. The number of carbonyl (C=O) groups is 1. The number of thiazole rings is 1. The lowest BCUT2D eigenvalue weighted by atomic mass is 10.1. The number of hydrogen-bond acceptors (Lipinski definition) is 10. The van der Waals surface area contributed by atoms with Crippen molar-refractivity contribution < 1.29 is 27.1 Å². The molecular weight excluding hydrogens is 550 g/mol. The minimum absolute atomic E-state index is 0.0727. The lowest BCUT2D eigenvalue weighted by Crippen LogP contribution is -2.42. The Morgan fingerprint density at radius 2 is 1.82 bits per heavy atom. The highest BCUT2D eigenvalue weighted by Gasteiger charge is 2.31. The Hall–Kier alpha value is -3.20. The molecule has 208 valence electrons. The molecule has 2 fully saturated rings. The number of nitrogens with one attached hydrogen (secondary N) is 1. The number of sulfonamides is 1. The molecule has 0 unspecified atom stereocenters. The Balaban J connectivity index is 1.20. The second-order valence-corrected chi connectivity index (χ2v) is 12.5. The van der Waals surface area contributed by atoms with Gasteiger partial charge in [-0.3, -0.25) is 4.79 Å². The summed E-state index contributed by atoms with van der Waals surface area (Å²) in [6.07, 6.45) is 3.48. The van der Waals surface area contributed by atoms with Crippen molar-refractivity contribution in [3.05, 3.63) is 58.6 Å². The molecule has 2 aromatic heterocycles. The Kier molecular flexibility index (Phi) is 7.80. The molecule has 0 amide bonds. The maximum atomic E-state index is 14.1. The second kappa shape index (κ2) is 11.1. The van der Waals surface area contributed by atoms with Gasteiger partial charge in [0.2, 0.25) is 15.8 Å². The zero-order valence-electron chi connectivity index (χ0n) is 20.9. The molecule has 0 saturated carbocycles. The molecule has 0 radical (unpaired) electrons. The van der Waals surface area contributed by atoms with Gasteiger partial charge >= 0.3 is 0 Å². The van der Waals surface area contributed by atoms with E-state index in [0.717, 1.165) is 42.9 Å². The molecule has 10 nitrogen and oxygen atoms in total. The van der Waals surface area contributed by atoms with Crippen molar-refractivity contribution in [3.8, 4) is 0 Å². The van der Waals surface area contributed by atoms with E-state index in [1.165, 1.54) is 22.6 Å². The maximum Gasteiger partial charge on any atom is 0.244 e. The van der Waals surface area contributed by atoms with Crippen molar-refractivity contribution in [2.45, 2.75) is 42.7 Å². The number of aliphatic hydroxyl groups excluding tert-OH is 1. The molecular formula is C25H28F2N6O4S2. The van der Waals surface area contributed by atoms with Crippen LogP contribution in [0.3, 0.4) is 0 Å². The smallest absolute Gasteiger partial charge is 0.244 e. The predicted molar refractivity (Wildman–Crippen MR) is 143 cm³/mol. The van der Waals surface area contributed by atoms with Crippen molar-refractivity contribution in [1.29, 1.82) is 0 Å². The van der Waals surface area contributed by atoms with E-state index in [1.54, 1.807) is 6.07 Å². The molecule has 4 heterocycles. The first-order valence-corrected chi connectivity index (χ1v) is 14.8. The van der Waals surface area contributed by atoms with Crippen LogP contribution in [0.5, 0.6) is 0 Å². The van der Waals surface area contributed by atoms with Crippen LogP contribution < -0.4 is 16.0 Å². The van der Waals surface area contributed by atoms with Crippen molar-refractivity contribution in [1.82, 2.24) is 14.3 Å². The number of ketones is 1. The van der Waals surface area contributed by atoms with Gasteiger partial charge in [-0.15, -0.1) is 0 Å². The molecule has 4 N–H and O–H groups in total. The Morgan fingerprint density at radius 1 is 1.10 bits per heavy atom. The van der Waals surface area contributed by atoms with Gasteiger partial charge in [-0.05, 0) is 49.9 Å². The van der Waals surface area contributed by atoms with E-state index in [1.807, 2.05) is 4.90 Å². The van der Waals surface area contributed by atoms with Crippen LogP contribution in [-0.4, -0.2) is 71.9 Å². The van der Waals surface area contributed by atoms with Crippen LogP contribution >= 0.6 is 11.3 Å². The highest BCUT2D eigenvalue weighted by molar-refractivity contribution is 7.89. The van der Waals surface area contributed by atoms with Gasteiger partial charge in [0, 0.05) is 38.4 Å². The monoisotopic (exact) mass is 578 g/mol. The maximum absolute atomic E-state index is 14.1. The third-order valence-electron chi connectivity index (χ3n) is 6.91. The van der Waals surface area contributed by atoms with Crippen LogP contribution in [0, 0.1) is 11.6 Å². The first-order chi connectivity index (χ1) is 18.6. The van der Waals surface area contributed by atoms with E-state index < -0.39 is 39.1 Å². The van der Waals surface area contributed by atoms with E-state index in [0.29, 0.717) is 30.3 Å². The lowest BCUT2D eigenvalue weighted by Gasteiger charge is -2.32. The number of halogens is 2. The van der Waals surface area contributed by atoms with E-state index in [2.05, 4.69) is 15.3 Å². The van der Waals surface area contributed by atoms with Gasteiger partial charge in [-0.2, -0.15) is 4.31 Å². The topological polar surface area (TPSA) is 142 Å². The van der Waals surface area contributed by atoms with E-state index in [4.69, 9.17) is 5.73 Å². The first-order valence-electron chi connectivity index (χ1n) is 12.5. The number of anilines is 3. The minimum atomic E-state index is -3.74. The number of pyridine rings is 1. The number of aromatic nitrogens is 2. The second-order valence-electron chi connectivity index (χ2n) is 9.58. The molecule has 1 atom stereocenters. The van der Waals surface area contributed by atoms with Crippen LogP contribution in [-0.2, 0) is 10.0 Å². The van der Waals surface area contributed by atoms with Gasteiger partial charge < -0.3 is 21.1 Å². The van der Waals surface area contributed by atoms with Gasteiger partial charge in [0.05, 0.1) is 11.7 Å². The fraction of sp³-hybridized carbons (Fsp3) is 0.400. The van der Waals surface area contributed by atoms with E-state index in [9.17, 15) is 27.1 Å². The van der Waals surface area contributed by atoms with Crippen molar-refractivity contribution in [2.75, 3.05) is 42.1 Å². The Bertz CT molecular complexity index is 1440. The van der Waals surface area contributed by atoms with Gasteiger partial charge in [0.25, 0.3) is 0 Å². The van der Waals surface area contributed by atoms with Gasteiger partial charge in [-0.25, -0.2) is 27.2 Å². The molecule has 0 spiro atoms. The molecule has 3 aromatic rings. The Labute approximate surface area is 228 Å². The van der Waals surface area contributed by atoms with Gasteiger partial charge in [0.15, 0.2) is 5.13 Å². The van der Waals surface area contributed by atoms with Gasteiger partial charge in [0.1, 0.15) is 33.0 Å². The summed E-state index contributed by atoms with van der Waals surface area (Å²) in [5.74, 6) is -2.35. The number of hydrogen-bond donors (Lipinski definition) is 3. The highest BCUT2D eigenvalue weighted by Crippen LogP contribution is 2.31. The summed E-state index contributed by atoms with van der Waals surface area (Å²) in [6, 6.07) is 6.24. The van der Waals surface area contributed by atoms with Crippen molar-refractivity contribution in [2.24, 2.45) is 0 Å². The number of β-amino-alcohol motifs (C(OH)–C–C–N with tert-alkyl or cyclic N) is 1.